The maximum atomic E-state index is 9.26. The Labute approximate surface area is 67.0 Å². The molecule has 1 aliphatic heterocycles. The van der Waals surface area contributed by atoms with E-state index in [0.29, 0.717) is 18.8 Å². The van der Waals surface area contributed by atoms with Crippen LogP contribution in [0, 0.1) is 5.92 Å². The fourth-order valence-electron chi connectivity index (χ4n) is 1.34. The minimum atomic E-state index is -0.772. The molecular formula is C8H16O3. The lowest BCUT2D eigenvalue weighted by molar-refractivity contribution is -0.199. The Morgan fingerprint density at radius 1 is 1.27 bits per heavy atom. The highest BCUT2D eigenvalue weighted by Crippen LogP contribution is 2.22. The van der Waals surface area contributed by atoms with Crippen LogP contribution in [0.1, 0.15) is 26.7 Å². The second-order valence-electron chi connectivity index (χ2n) is 3.50. The number of ether oxygens (including phenoxy) is 1. The van der Waals surface area contributed by atoms with Crippen LogP contribution in [0.15, 0.2) is 0 Å². The molecule has 0 spiro atoms. The van der Waals surface area contributed by atoms with Gasteiger partial charge in [0.1, 0.15) is 0 Å². The lowest BCUT2D eigenvalue weighted by atomic mass is 9.97. The first-order valence-electron chi connectivity index (χ1n) is 4.11. The van der Waals surface area contributed by atoms with E-state index in [-0.39, 0.29) is 6.10 Å². The Kier molecular flexibility index (Phi) is 2.87. The van der Waals surface area contributed by atoms with Crippen molar-refractivity contribution in [2.24, 2.45) is 5.92 Å². The van der Waals surface area contributed by atoms with E-state index in [1.807, 2.05) is 13.8 Å². The van der Waals surface area contributed by atoms with Gasteiger partial charge in [0.15, 0.2) is 6.29 Å². The molecule has 3 nitrogen and oxygen atoms in total. The largest absolute Gasteiger partial charge is 0.393 e. The number of rotatable bonds is 1. The van der Waals surface area contributed by atoms with Gasteiger partial charge in [0.2, 0.25) is 0 Å². The van der Waals surface area contributed by atoms with E-state index in [1.165, 1.54) is 0 Å². The van der Waals surface area contributed by atoms with Crippen LogP contribution in [0.4, 0.5) is 0 Å². The predicted molar refractivity (Wildman–Crippen MR) is 41.0 cm³/mol. The number of hydrogen-bond acceptors (Lipinski definition) is 3. The van der Waals surface area contributed by atoms with Crippen molar-refractivity contribution in [1.29, 1.82) is 0 Å². The van der Waals surface area contributed by atoms with Crippen LogP contribution >= 0.6 is 0 Å². The fraction of sp³-hybridized carbons (Fsp3) is 1.00. The molecule has 3 heteroatoms. The first kappa shape index (κ1) is 8.97. The summed E-state index contributed by atoms with van der Waals surface area (Å²) in [5.74, 6) is 0.361. The first-order chi connectivity index (χ1) is 5.09. The zero-order valence-corrected chi connectivity index (χ0v) is 7.03. The third-order valence-electron chi connectivity index (χ3n) is 2.05. The molecule has 0 bridgehead atoms. The average molecular weight is 160 g/mol. The van der Waals surface area contributed by atoms with Gasteiger partial charge in [0.05, 0.1) is 12.2 Å². The predicted octanol–water partition coefficient (Wildman–Crippen LogP) is 0.501. The molecule has 0 aliphatic carbocycles. The summed E-state index contributed by atoms with van der Waals surface area (Å²) in [5.41, 5.74) is 0. The van der Waals surface area contributed by atoms with E-state index < -0.39 is 12.4 Å². The van der Waals surface area contributed by atoms with Gasteiger partial charge in [0.25, 0.3) is 0 Å². The molecule has 0 amide bonds. The third kappa shape index (κ3) is 2.43. The minimum absolute atomic E-state index is 0.00810. The zero-order valence-electron chi connectivity index (χ0n) is 7.03. The molecule has 1 rings (SSSR count). The highest BCUT2D eigenvalue weighted by molar-refractivity contribution is 4.74. The van der Waals surface area contributed by atoms with Crippen LogP contribution in [0.2, 0.25) is 0 Å². The summed E-state index contributed by atoms with van der Waals surface area (Å²) < 4.78 is 5.21. The van der Waals surface area contributed by atoms with Gasteiger partial charge < -0.3 is 14.9 Å². The fourth-order valence-corrected chi connectivity index (χ4v) is 1.34. The Hall–Kier alpha value is -0.120. The molecule has 11 heavy (non-hydrogen) atoms. The average Bonchev–Trinajstić information content (AvgIpc) is 1.85. The van der Waals surface area contributed by atoms with E-state index in [1.54, 1.807) is 0 Å². The minimum Gasteiger partial charge on any atom is -0.393 e. The van der Waals surface area contributed by atoms with Crippen LogP contribution in [-0.2, 0) is 4.74 Å². The molecule has 1 fully saturated rings. The van der Waals surface area contributed by atoms with Gasteiger partial charge in [0, 0.05) is 12.8 Å². The molecule has 66 valence electrons. The van der Waals surface area contributed by atoms with E-state index in [9.17, 15) is 5.11 Å². The SMILES string of the molecule is CC(C)C1C[C@H](O)CC(O)O1. The highest BCUT2D eigenvalue weighted by atomic mass is 16.6. The normalized spacial score (nSPS) is 39.5. The van der Waals surface area contributed by atoms with Gasteiger partial charge >= 0.3 is 0 Å². The standard InChI is InChI=1S/C8H16O3/c1-5(2)7-3-6(9)4-8(10)11-7/h5-10H,3-4H2,1-2H3/t6-,7?,8?/m0/s1. The van der Waals surface area contributed by atoms with Crippen LogP contribution in [0.25, 0.3) is 0 Å². The van der Waals surface area contributed by atoms with Gasteiger partial charge in [-0.1, -0.05) is 13.8 Å². The molecule has 1 aliphatic rings. The topological polar surface area (TPSA) is 49.7 Å². The maximum Gasteiger partial charge on any atom is 0.157 e. The lowest BCUT2D eigenvalue weighted by Crippen LogP contribution is -2.38. The summed E-state index contributed by atoms with van der Waals surface area (Å²) in [4.78, 5) is 0. The van der Waals surface area contributed by atoms with Crippen molar-refractivity contribution in [1.82, 2.24) is 0 Å². The van der Waals surface area contributed by atoms with Crippen molar-refractivity contribution in [3.63, 3.8) is 0 Å². The molecular weight excluding hydrogens is 144 g/mol. The molecule has 0 saturated carbocycles. The van der Waals surface area contributed by atoms with Crippen molar-refractivity contribution in [3.05, 3.63) is 0 Å². The second kappa shape index (κ2) is 3.52. The van der Waals surface area contributed by atoms with Crippen LogP contribution in [-0.4, -0.2) is 28.7 Å². The summed E-state index contributed by atoms with van der Waals surface area (Å²) in [6.07, 6.45) is -0.163. The monoisotopic (exact) mass is 160 g/mol. The van der Waals surface area contributed by atoms with Crippen molar-refractivity contribution < 1.29 is 14.9 Å². The van der Waals surface area contributed by atoms with E-state index in [2.05, 4.69) is 0 Å². The van der Waals surface area contributed by atoms with Crippen LogP contribution < -0.4 is 0 Å². The van der Waals surface area contributed by atoms with Crippen LogP contribution in [0.5, 0.6) is 0 Å². The molecule has 0 radical (unpaired) electrons. The van der Waals surface area contributed by atoms with Gasteiger partial charge in [-0.15, -0.1) is 0 Å². The molecule has 1 heterocycles. The zero-order chi connectivity index (χ0) is 8.43. The Bertz CT molecular complexity index is 115. The van der Waals surface area contributed by atoms with Gasteiger partial charge in [-0.05, 0) is 5.92 Å². The van der Waals surface area contributed by atoms with Gasteiger partial charge in [-0.2, -0.15) is 0 Å². The van der Waals surface area contributed by atoms with Gasteiger partial charge in [-0.25, -0.2) is 0 Å². The Morgan fingerprint density at radius 2 is 1.91 bits per heavy atom. The molecule has 3 atom stereocenters. The smallest absolute Gasteiger partial charge is 0.157 e. The molecule has 0 aromatic rings. The van der Waals surface area contributed by atoms with Crippen molar-refractivity contribution in [2.45, 2.75) is 45.2 Å². The maximum absolute atomic E-state index is 9.26. The number of aliphatic hydroxyl groups excluding tert-OH is 2. The van der Waals surface area contributed by atoms with Crippen molar-refractivity contribution in [3.8, 4) is 0 Å². The van der Waals surface area contributed by atoms with E-state index in [4.69, 9.17) is 9.84 Å². The quantitative estimate of drug-likeness (QED) is 0.587. The highest BCUT2D eigenvalue weighted by Gasteiger charge is 2.28. The van der Waals surface area contributed by atoms with E-state index >= 15 is 0 Å². The third-order valence-corrected chi connectivity index (χ3v) is 2.05. The number of aliphatic hydroxyl groups is 2. The summed E-state index contributed by atoms with van der Waals surface area (Å²) >= 11 is 0. The lowest BCUT2D eigenvalue weighted by Gasteiger charge is -2.32. The molecule has 0 aromatic carbocycles. The first-order valence-corrected chi connectivity index (χ1v) is 4.11. The Balaban J connectivity index is 2.43. The van der Waals surface area contributed by atoms with Crippen molar-refractivity contribution in [2.75, 3.05) is 0 Å². The molecule has 1 saturated heterocycles. The van der Waals surface area contributed by atoms with Gasteiger partial charge in [-0.3, -0.25) is 0 Å². The summed E-state index contributed by atoms with van der Waals surface area (Å²) in [6, 6.07) is 0. The second-order valence-corrected chi connectivity index (χ2v) is 3.50. The molecule has 2 N–H and O–H groups in total. The molecule has 0 aromatic heterocycles. The number of hydrogen-bond donors (Lipinski definition) is 2. The summed E-state index contributed by atoms with van der Waals surface area (Å²) in [7, 11) is 0. The van der Waals surface area contributed by atoms with E-state index in [0.717, 1.165) is 0 Å². The summed E-state index contributed by atoms with van der Waals surface area (Å²) in [5, 5.41) is 18.4. The Morgan fingerprint density at radius 3 is 2.36 bits per heavy atom. The summed E-state index contributed by atoms with van der Waals surface area (Å²) in [6.45, 7) is 4.05. The van der Waals surface area contributed by atoms with Crippen LogP contribution in [0.3, 0.4) is 0 Å². The van der Waals surface area contributed by atoms with Crippen molar-refractivity contribution >= 4 is 0 Å². The molecule has 2 unspecified atom stereocenters.